The molecule has 5 heteroatoms. The van der Waals surface area contributed by atoms with E-state index in [4.69, 9.17) is 15.0 Å². The summed E-state index contributed by atoms with van der Waals surface area (Å²) in [6.45, 7) is 7.33. The molecule has 2 N–H and O–H groups in total. The minimum absolute atomic E-state index is 0.0576. The van der Waals surface area contributed by atoms with Gasteiger partial charge in [-0.3, -0.25) is 0 Å². The van der Waals surface area contributed by atoms with Crippen molar-refractivity contribution < 1.29 is 9.26 Å². The standard InChI is InChI=1S/C12H23N3O2/c1-4-7-10(16-6-3)11-14-12(17-15-11)9(5-2)8-13/h9-10H,4-8,13H2,1-3H3. The van der Waals surface area contributed by atoms with Crippen molar-refractivity contribution in [1.29, 1.82) is 0 Å². The van der Waals surface area contributed by atoms with E-state index in [2.05, 4.69) is 24.0 Å². The van der Waals surface area contributed by atoms with Gasteiger partial charge in [-0.25, -0.2) is 0 Å². The first-order valence-corrected chi connectivity index (χ1v) is 6.41. The first-order chi connectivity index (χ1) is 8.26. The molecule has 0 radical (unpaired) electrons. The molecule has 2 atom stereocenters. The van der Waals surface area contributed by atoms with Gasteiger partial charge in [-0.15, -0.1) is 0 Å². The predicted molar refractivity (Wildman–Crippen MR) is 65.7 cm³/mol. The van der Waals surface area contributed by atoms with Gasteiger partial charge in [-0.2, -0.15) is 4.98 Å². The van der Waals surface area contributed by atoms with Crippen molar-refractivity contribution >= 4 is 0 Å². The maximum Gasteiger partial charge on any atom is 0.231 e. The van der Waals surface area contributed by atoms with Gasteiger partial charge in [0.2, 0.25) is 11.7 Å². The molecule has 0 saturated carbocycles. The van der Waals surface area contributed by atoms with Crippen LogP contribution in [0.4, 0.5) is 0 Å². The number of ether oxygens (including phenoxy) is 1. The number of nitrogens with zero attached hydrogens (tertiary/aromatic N) is 2. The molecule has 1 heterocycles. The Morgan fingerprint density at radius 2 is 2.12 bits per heavy atom. The van der Waals surface area contributed by atoms with Crippen molar-refractivity contribution in [1.82, 2.24) is 10.1 Å². The molecule has 5 nitrogen and oxygen atoms in total. The van der Waals surface area contributed by atoms with Crippen molar-refractivity contribution in [2.24, 2.45) is 5.73 Å². The molecule has 0 aliphatic carbocycles. The number of rotatable bonds is 8. The predicted octanol–water partition coefficient (Wildman–Crippen LogP) is 2.40. The Balaban J connectivity index is 2.76. The number of hydrogen-bond donors (Lipinski definition) is 1. The fraction of sp³-hybridized carbons (Fsp3) is 0.833. The Morgan fingerprint density at radius 3 is 2.65 bits per heavy atom. The van der Waals surface area contributed by atoms with Gasteiger partial charge < -0.3 is 15.0 Å². The second-order valence-electron chi connectivity index (χ2n) is 4.06. The zero-order valence-electron chi connectivity index (χ0n) is 11.0. The lowest BCUT2D eigenvalue weighted by Gasteiger charge is -2.11. The van der Waals surface area contributed by atoms with E-state index in [1.54, 1.807) is 0 Å². The molecule has 0 aliphatic rings. The average Bonchev–Trinajstić information content (AvgIpc) is 2.80. The van der Waals surface area contributed by atoms with E-state index in [9.17, 15) is 0 Å². The minimum Gasteiger partial charge on any atom is -0.370 e. The summed E-state index contributed by atoms with van der Waals surface area (Å²) < 4.78 is 10.9. The van der Waals surface area contributed by atoms with Crippen LogP contribution in [0.5, 0.6) is 0 Å². The van der Waals surface area contributed by atoms with Crippen LogP contribution in [0.3, 0.4) is 0 Å². The highest BCUT2D eigenvalue weighted by Crippen LogP contribution is 2.23. The number of aromatic nitrogens is 2. The third kappa shape index (κ3) is 3.78. The maximum absolute atomic E-state index is 5.66. The van der Waals surface area contributed by atoms with Crippen LogP contribution in [0.25, 0.3) is 0 Å². The lowest BCUT2D eigenvalue weighted by molar-refractivity contribution is 0.0477. The second kappa shape index (κ2) is 7.40. The largest absolute Gasteiger partial charge is 0.370 e. The van der Waals surface area contributed by atoms with Gasteiger partial charge in [0, 0.05) is 13.2 Å². The summed E-state index contributed by atoms with van der Waals surface area (Å²) in [5, 5.41) is 4.00. The zero-order chi connectivity index (χ0) is 12.7. The highest BCUT2D eigenvalue weighted by atomic mass is 16.5. The van der Waals surface area contributed by atoms with Crippen LogP contribution >= 0.6 is 0 Å². The van der Waals surface area contributed by atoms with Crippen LogP contribution in [0.15, 0.2) is 4.52 Å². The Bertz CT molecular complexity index is 304. The normalized spacial score (nSPS) is 14.8. The highest BCUT2D eigenvalue weighted by Gasteiger charge is 2.21. The van der Waals surface area contributed by atoms with E-state index >= 15 is 0 Å². The van der Waals surface area contributed by atoms with Crippen molar-refractivity contribution in [3.8, 4) is 0 Å². The van der Waals surface area contributed by atoms with Crippen LogP contribution in [-0.4, -0.2) is 23.3 Å². The lowest BCUT2D eigenvalue weighted by atomic mass is 10.1. The Labute approximate surface area is 103 Å². The van der Waals surface area contributed by atoms with Gasteiger partial charge in [-0.1, -0.05) is 25.4 Å². The third-order valence-electron chi connectivity index (χ3n) is 2.79. The van der Waals surface area contributed by atoms with Crippen LogP contribution in [0.1, 0.15) is 63.8 Å². The van der Waals surface area contributed by atoms with Crippen LogP contribution in [-0.2, 0) is 4.74 Å². The summed E-state index contributed by atoms with van der Waals surface area (Å²) in [5.41, 5.74) is 5.66. The molecule has 1 aromatic heterocycles. The van der Waals surface area contributed by atoms with E-state index < -0.39 is 0 Å². The van der Waals surface area contributed by atoms with E-state index in [1.165, 1.54) is 0 Å². The topological polar surface area (TPSA) is 74.2 Å². The van der Waals surface area contributed by atoms with Crippen LogP contribution < -0.4 is 5.73 Å². The summed E-state index contributed by atoms with van der Waals surface area (Å²) in [6.07, 6.45) is 2.79. The van der Waals surface area contributed by atoms with Gasteiger partial charge in [0.25, 0.3) is 0 Å². The molecule has 2 unspecified atom stereocenters. The Morgan fingerprint density at radius 1 is 1.35 bits per heavy atom. The average molecular weight is 241 g/mol. The van der Waals surface area contributed by atoms with Gasteiger partial charge in [0.1, 0.15) is 6.10 Å². The zero-order valence-corrected chi connectivity index (χ0v) is 11.0. The summed E-state index contributed by atoms with van der Waals surface area (Å²) in [5.74, 6) is 1.43. The minimum atomic E-state index is -0.0576. The molecular formula is C12H23N3O2. The smallest absolute Gasteiger partial charge is 0.231 e. The van der Waals surface area contributed by atoms with E-state index in [1.807, 2.05) is 6.92 Å². The lowest BCUT2D eigenvalue weighted by Crippen LogP contribution is -2.12. The van der Waals surface area contributed by atoms with Gasteiger partial charge >= 0.3 is 0 Å². The number of hydrogen-bond acceptors (Lipinski definition) is 5. The maximum atomic E-state index is 5.66. The summed E-state index contributed by atoms with van der Waals surface area (Å²) in [4.78, 5) is 4.41. The summed E-state index contributed by atoms with van der Waals surface area (Å²) in [6, 6.07) is 0. The van der Waals surface area contributed by atoms with E-state index in [0.29, 0.717) is 24.9 Å². The second-order valence-corrected chi connectivity index (χ2v) is 4.06. The Hall–Kier alpha value is -0.940. The van der Waals surface area contributed by atoms with Crippen molar-refractivity contribution in [2.75, 3.05) is 13.2 Å². The van der Waals surface area contributed by atoms with Crippen molar-refractivity contribution in [3.05, 3.63) is 11.7 Å². The molecule has 98 valence electrons. The molecule has 0 aromatic carbocycles. The fourth-order valence-corrected chi connectivity index (χ4v) is 1.74. The fourth-order valence-electron chi connectivity index (χ4n) is 1.74. The van der Waals surface area contributed by atoms with Crippen LogP contribution in [0.2, 0.25) is 0 Å². The first kappa shape index (κ1) is 14.1. The van der Waals surface area contributed by atoms with Crippen LogP contribution in [0, 0.1) is 0 Å². The van der Waals surface area contributed by atoms with Crippen molar-refractivity contribution in [3.63, 3.8) is 0 Å². The van der Waals surface area contributed by atoms with Gasteiger partial charge in [0.05, 0.1) is 5.92 Å². The molecule has 1 aromatic rings. The molecule has 0 fully saturated rings. The SMILES string of the molecule is CCCC(OCC)c1noc(C(CC)CN)n1. The molecule has 0 bridgehead atoms. The molecule has 0 aliphatic heterocycles. The molecular weight excluding hydrogens is 218 g/mol. The summed E-state index contributed by atoms with van der Waals surface area (Å²) in [7, 11) is 0. The van der Waals surface area contributed by atoms with Gasteiger partial charge in [0.15, 0.2) is 0 Å². The number of nitrogens with two attached hydrogens (primary N) is 1. The molecule has 0 spiro atoms. The van der Waals surface area contributed by atoms with Gasteiger partial charge in [-0.05, 0) is 19.8 Å². The molecule has 1 rings (SSSR count). The van der Waals surface area contributed by atoms with E-state index in [0.717, 1.165) is 19.3 Å². The Kier molecular flexibility index (Phi) is 6.15. The molecule has 17 heavy (non-hydrogen) atoms. The molecule has 0 amide bonds. The highest BCUT2D eigenvalue weighted by molar-refractivity contribution is 4.97. The summed E-state index contributed by atoms with van der Waals surface area (Å²) >= 11 is 0. The van der Waals surface area contributed by atoms with Crippen molar-refractivity contribution in [2.45, 2.75) is 52.1 Å². The third-order valence-corrected chi connectivity index (χ3v) is 2.79. The van der Waals surface area contributed by atoms with E-state index in [-0.39, 0.29) is 12.0 Å². The first-order valence-electron chi connectivity index (χ1n) is 6.41. The molecule has 0 saturated heterocycles. The monoisotopic (exact) mass is 241 g/mol. The quantitative estimate of drug-likeness (QED) is 0.756.